The monoisotopic (exact) mass is 359 g/mol. The van der Waals surface area contributed by atoms with E-state index in [0.29, 0.717) is 21.7 Å². The molecule has 1 amide bonds. The van der Waals surface area contributed by atoms with E-state index in [2.05, 4.69) is 9.71 Å². The first-order chi connectivity index (χ1) is 12.0. The molecule has 1 heterocycles. The third-order valence-electron chi connectivity index (χ3n) is 3.42. The highest BCUT2D eigenvalue weighted by atomic mass is 32.2. The number of nitrogens with two attached hydrogens (primary N) is 1. The fourth-order valence-electron chi connectivity index (χ4n) is 2.08. The molecule has 3 N–H and O–H groups in total. The highest BCUT2D eigenvalue weighted by molar-refractivity contribution is 8.01. The van der Waals surface area contributed by atoms with Gasteiger partial charge >= 0.3 is 5.63 Å². The molecule has 2 aromatic rings. The number of amides is 1. The molecule has 0 atom stereocenters. The number of hydrogen-bond acceptors (Lipinski definition) is 6. The van der Waals surface area contributed by atoms with E-state index in [9.17, 15) is 9.59 Å². The van der Waals surface area contributed by atoms with Crippen LogP contribution < -0.4 is 16.1 Å². The van der Waals surface area contributed by atoms with Gasteiger partial charge in [-0.05, 0) is 43.5 Å². The number of aliphatic imine (C=N–C) groups is 1. The fourth-order valence-corrected chi connectivity index (χ4v) is 2.67. The quantitative estimate of drug-likeness (QED) is 0.468. The summed E-state index contributed by atoms with van der Waals surface area (Å²) >= 11 is 0.971. The summed E-state index contributed by atoms with van der Waals surface area (Å²) in [6, 6.07) is 7.09. The first-order valence-electron chi connectivity index (χ1n) is 7.99. The van der Waals surface area contributed by atoms with Crippen LogP contribution in [-0.4, -0.2) is 12.1 Å². The number of rotatable bonds is 6. The van der Waals surface area contributed by atoms with E-state index in [1.807, 2.05) is 26.0 Å². The predicted octanol–water partition coefficient (Wildman–Crippen LogP) is 3.36. The van der Waals surface area contributed by atoms with Gasteiger partial charge in [0.15, 0.2) is 0 Å². The Hall–Kier alpha value is -2.54. The van der Waals surface area contributed by atoms with Gasteiger partial charge in [-0.25, -0.2) is 4.79 Å². The molecule has 0 unspecified atom stereocenters. The molecule has 0 aliphatic heterocycles. The summed E-state index contributed by atoms with van der Waals surface area (Å²) in [5, 5.41) is 1.19. The van der Waals surface area contributed by atoms with Crippen molar-refractivity contribution in [2.45, 2.75) is 33.6 Å². The SMILES string of the molecule is CC/C=N\C(SNC(=O)c1cc2cc(CC)ccc2oc1=O)=C(/C)N. The van der Waals surface area contributed by atoms with Crippen molar-refractivity contribution < 1.29 is 9.21 Å². The number of allylic oxidation sites excluding steroid dienone is 1. The first kappa shape index (κ1) is 18.8. The van der Waals surface area contributed by atoms with Gasteiger partial charge in [0, 0.05) is 29.2 Å². The molecule has 0 aliphatic carbocycles. The lowest BCUT2D eigenvalue weighted by molar-refractivity contribution is 0.0981. The van der Waals surface area contributed by atoms with Crippen LogP contribution in [0.4, 0.5) is 0 Å². The number of benzene rings is 1. The molecule has 0 radical (unpaired) electrons. The summed E-state index contributed by atoms with van der Waals surface area (Å²) in [7, 11) is 0. The van der Waals surface area contributed by atoms with Crippen molar-refractivity contribution in [2.24, 2.45) is 10.7 Å². The molecule has 0 saturated heterocycles. The summed E-state index contributed by atoms with van der Waals surface area (Å²) in [6.07, 6.45) is 3.30. The maximum absolute atomic E-state index is 12.4. The third-order valence-corrected chi connectivity index (χ3v) is 4.33. The second kappa shape index (κ2) is 8.53. The molecular formula is C18H21N3O3S. The van der Waals surface area contributed by atoms with Gasteiger partial charge in [0.05, 0.1) is 0 Å². The Morgan fingerprint density at radius 3 is 2.76 bits per heavy atom. The summed E-state index contributed by atoms with van der Waals surface area (Å²) < 4.78 is 7.83. The number of aryl methyl sites for hydroxylation is 1. The molecule has 0 spiro atoms. The van der Waals surface area contributed by atoms with Crippen molar-refractivity contribution in [3.05, 3.63) is 56.5 Å². The number of carbonyl (C=O) groups excluding carboxylic acids is 1. The normalized spacial score (nSPS) is 12.4. The van der Waals surface area contributed by atoms with Crippen LogP contribution in [0.25, 0.3) is 11.0 Å². The smallest absolute Gasteiger partial charge is 0.349 e. The minimum atomic E-state index is -0.679. The first-order valence-corrected chi connectivity index (χ1v) is 8.80. The van der Waals surface area contributed by atoms with Gasteiger partial charge in [-0.3, -0.25) is 14.5 Å². The summed E-state index contributed by atoms with van der Waals surface area (Å²) in [6.45, 7) is 5.67. The molecule has 1 aromatic carbocycles. The topological polar surface area (TPSA) is 97.7 Å². The molecule has 6 nitrogen and oxygen atoms in total. The Labute approximate surface area is 150 Å². The van der Waals surface area contributed by atoms with Crippen molar-refractivity contribution in [2.75, 3.05) is 0 Å². The maximum Gasteiger partial charge on any atom is 0.349 e. The van der Waals surface area contributed by atoms with E-state index in [1.165, 1.54) is 0 Å². The van der Waals surface area contributed by atoms with Crippen LogP contribution in [-0.2, 0) is 6.42 Å². The number of carbonyl (C=O) groups is 1. The largest absolute Gasteiger partial charge is 0.422 e. The molecule has 7 heteroatoms. The van der Waals surface area contributed by atoms with Crippen LogP contribution in [0.5, 0.6) is 0 Å². The van der Waals surface area contributed by atoms with Crippen molar-refractivity contribution in [3.8, 4) is 0 Å². The van der Waals surface area contributed by atoms with Gasteiger partial charge in [0.2, 0.25) is 0 Å². The van der Waals surface area contributed by atoms with Gasteiger partial charge in [0.1, 0.15) is 16.2 Å². The fraction of sp³-hybridized carbons (Fsp3) is 0.278. The van der Waals surface area contributed by atoms with E-state index in [0.717, 1.165) is 30.4 Å². The van der Waals surface area contributed by atoms with Gasteiger partial charge < -0.3 is 10.2 Å². The predicted molar refractivity (Wildman–Crippen MR) is 103 cm³/mol. The average Bonchev–Trinajstić information content (AvgIpc) is 2.60. The summed E-state index contributed by atoms with van der Waals surface area (Å²) in [5.74, 6) is -0.548. The van der Waals surface area contributed by atoms with Crippen molar-refractivity contribution in [1.29, 1.82) is 0 Å². The van der Waals surface area contributed by atoms with Gasteiger partial charge in [0.25, 0.3) is 5.91 Å². The Kier molecular flexibility index (Phi) is 6.41. The van der Waals surface area contributed by atoms with Crippen LogP contribution in [0.3, 0.4) is 0 Å². The van der Waals surface area contributed by atoms with Crippen LogP contribution in [0.1, 0.15) is 43.1 Å². The van der Waals surface area contributed by atoms with Crippen molar-refractivity contribution >= 4 is 35.0 Å². The number of hydrogen-bond donors (Lipinski definition) is 2. The summed E-state index contributed by atoms with van der Waals surface area (Å²) in [4.78, 5) is 28.6. The van der Waals surface area contributed by atoms with Gasteiger partial charge in [-0.2, -0.15) is 0 Å². The lowest BCUT2D eigenvalue weighted by Crippen LogP contribution is -2.23. The molecule has 0 aliphatic rings. The molecular weight excluding hydrogens is 338 g/mol. The molecule has 25 heavy (non-hydrogen) atoms. The maximum atomic E-state index is 12.4. The highest BCUT2D eigenvalue weighted by Gasteiger charge is 2.15. The second-order valence-corrected chi connectivity index (χ2v) is 6.21. The zero-order valence-corrected chi connectivity index (χ0v) is 15.3. The average molecular weight is 359 g/mol. The standard InChI is InChI=1S/C18H21N3O3S/c1-4-8-20-17(11(3)19)25-21-16(22)14-10-13-9-12(5-2)6-7-15(13)24-18(14)23/h6-10H,4-5,19H2,1-3H3,(H,21,22)/b17-11-,20-8-. The summed E-state index contributed by atoms with van der Waals surface area (Å²) in [5.41, 5.74) is 7.05. The van der Waals surface area contributed by atoms with Crippen LogP contribution in [0.2, 0.25) is 0 Å². The number of nitrogens with one attached hydrogen (secondary N) is 1. The molecule has 0 bridgehead atoms. The van der Waals surface area contributed by atoms with Gasteiger partial charge in [-0.1, -0.05) is 19.9 Å². The molecule has 0 saturated carbocycles. The lowest BCUT2D eigenvalue weighted by atomic mass is 10.1. The number of fused-ring (bicyclic) bond motifs is 1. The van der Waals surface area contributed by atoms with Gasteiger partial charge in [-0.15, -0.1) is 0 Å². The second-order valence-electron chi connectivity index (χ2n) is 5.41. The molecule has 1 aromatic heterocycles. The van der Waals surface area contributed by atoms with E-state index < -0.39 is 11.5 Å². The van der Waals surface area contributed by atoms with Crippen LogP contribution >= 0.6 is 11.9 Å². The van der Waals surface area contributed by atoms with Crippen LogP contribution in [0.15, 0.2) is 49.2 Å². The van der Waals surface area contributed by atoms with E-state index in [-0.39, 0.29) is 5.56 Å². The minimum absolute atomic E-state index is 0.0539. The molecule has 2 rings (SSSR count). The van der Waals surface area contributed by atoms with Crippen LogP contribution in [0, 0.1) is 0 Å². The highest BCUT2D eigenvalue weighted by Crippen LogP contribution is 2.18. The Morgan fingerprint density at radius 1 is 1.36 bits per heavy atom. The molecule has 0 fully saturated rings. The minimum Gasteiger partial charge on any atom is -0.422 e. The van der Waals surface area contributed by atoms with E-state index in [1.54, 1.807) is 25.3 Å². The van der Waals surface area contributed by atoms with Crippen molar-refractivity contribution in [3.63, 3.8) is 0 Å². The zero-order valence-electron chi connectivity index (χ0n) is 14.5. The lowest BCUT2D eigenvalue weighted by Gasteiger charge is -2.06. The van der Waals surface area contributed by atoms with E-state index >= 15 is 0 Å². The Balaban J connectivity index is 2.26. The van der Waals surface area contributed by atoms with Crippen molar-refractivity contribution in [1.82, 2.24) is 4.72 Å². The Bertz CT molecular complexity index is 896. The third kappa shape index (κ3) is 4.73. The molecule has 132 valence electrons. The van der Waals surface area contributed by atoms with E-state index in [4.69, 9.17) is 10.2 Å². The zero-order chi connectivity index (χ0) is 18.4. The number of nitrogens with zero attached hydrogens (tertiary/aromatic N) is 1. The Morgan fingerprint density at radius 2 is 2.12 bits per heavy atom.